The zero-order valence-corrected chi connectivity index (χ0v) is 10.9. The van der Waals surface area contributed by atoms with E-state index < -0.39 is 0 Å². The maximum absolute atomic E-state index is 11.6. The predicted octanol–water partition coefficient (Wildman–Crippen LogP) is 1.83. The number of nitrogens with zero attached hydrogens (tertiary/aromatic N) is 1. The first kappa shape index (κ1) is 14.0. The average Bonchev–Trinajstić information content (AvgIpc) is 2.36. The van der Waals surface area contributed by atoms with Crippen molar-refractivity contribution in [3.8, 4) is 0 Å². The molecule has 1 rings (SSSR count). The number of likely N-dealkylation sites (N-methyl/N-ethyl adjacent to an activating group) is 1. The fourth-order valence-electron chi connectivity index (χ4n) is 1.42. The van der Waals surface area contributed by atoms with Crippen LogP contribution in [-0.2, 0) is 16.0 Å². The molecule has 0 radical (unpaired) electrons. The van der Waals surface area contributed by atoms with E-state index in [0.717, 1.165) is 17.7 Å². The Morgan fingerprint density at radius 3 is 2.50 bits per heavy atom. The molecule has 1 aromatic carbocycles. The van der Waals surface area contributed by atoms with Crippen molar-refractivity contribution in [2.24, 2.45) is 0 Å². The normalized spacial score (nSPS) is 10.4. The molecule has 4 nitrogen and oxygen atoms in total. The third kappa shape index (κ3) is 4.05. The lowest BCUT2D eigenvalue weighted by Gasteiger charge is -2.08. The molecule has 0 aromatic heterocycles. The van der Waals surface area contributed by atoms with E-state index in [1.165, 1.54) is 17.1 Å². The molecule has 0 atom stereocenters. The van der Waals surface area contributed by atoms with E-state index in [-0.39, 0.29) is 11.8 Å². The second-order valence-electron chi connectivity index (χ2n) is 4.07. The quantitative estimate of drug-likeness (QED) is 0.824. The molecule has 0 saturated heterocycles. The number of para-hydroxylation sites is 1. The third-order valence-corrected chi connectivity index (χ3v) is 2.47. The Morgan fingerprint density at radius 2 is 1.89 bits per heavy atom. The molecule has 0 aliphatic carbocycles. The van der Waals surface area contributed by atoms with Gasteiger partial charge in [-0.15, -0.1) is 0 Å². The Kier molecular flexibility index (Phi) is 5.11. The fourth-order valence-corrected chi connectivity index (χ4v) is 1.42. The van der Waals surface area contributed by atoms with Gasteiger partial charge in [0.2, 0.25) is 11.8 Å². The zero-order chi connectivity index (χ0) is 13.5. The second-order valence-corrected chi connectivity index (χ2v) is 4.07. The minimum atomic E-state index is -0.300. The van der Waals surface area contributed by atoms with Gasteiger partial charge in [0, 0.05) is 31.9 Å². The van der Waals surface area contributed by atoms with E-state index in [1.54, 1.807) is 14.1 Å². The van der Waals surface area contributed by atoms with Crippen LogP contribution in [0.3, 0.4) is 0 Å². The molecule has 96 valence electrons. The van der Waals surface area contributed by atoms with Crippen LogP contribution in [0.2, 0.25) is 0 Å². The number of hydrogen-bond donors (Lipinski definition) is 1. The lowest BCUT2D eigenvalue weighted by molar-refractivity contribution is -0.124. The molecule has 0 unspecified atom stereocenters. The molecule has 0 fully saturated rings. The maximum Gasteiger partial charge on any atom is 0.248 e. The summed E-state index contributed by atoms with van der Waals surface area (Å²) in [4.78, 5) is 24.3. The minimum absolute atomic E-state index is 0.214. The van der Waals surface area contributed by atoms with Crippen molar-refractivity contribution in [1.29, 1.82) is 0 Å². The van der Waals surface area contributed by atoms with Crippen molar-refractivity contribution in [3.63, 3.8) is 0 Å². The van der Waals surface area contributed by atoms with E-state index in [0.29, 0.717) is 0 Å². The van der Waals surface area contributed by atoms with Gasteiger partial charge in [0.25, 0.3) is 0 Å². The topological polar surface area (TPSA) is 49.4 Å². The summed E-state index contributed by atoms with van der Waals surface area (Å²) in [6.07, 6.45) is 3.34. The molecule has 0 spiro atoms. The number of carbonyl (C=O) groups is 2. The van der Waals surface area contributed by atoms with Crippen LogP contribution in [0.5, 0.6) is 0 Å². The van der Waals surface area contributed by atoms with Crippen molar-refractivity contribution in [1.82, 2.24) is 4.90 Å². The summed E-state index contributed by atoms with van der Waals surface area (Å²) in [6.45, 7) is 2.02. The second kappa shape index (κ2) is 6.59. The molecule has 4 heteroatoms. The molecule has 0 saturated carbocycles. The minimum Gasteiger partial charge on any atom is -0.345 e. The Balaban J connectivity index is 2.68. The zero-order valence-electron chi connectivity index (χ0n) is 10.9. The molecule has 0 heterocycles. The summed E-state index contributed by atoms with van der Waals surface area (Å²) in [5, 5.41) is 2.76. The van der Waals surface area contributed by atoms with E-state index in [9.17, 15) is 9.59 Å². The van der Waals surface area contributed by atoms with Crippen molar-refractivity contribution in [2.75, 3.05) is 19.4 Å². The van der Waals surface area contributed by atoms with Crippen LogP contribution in [0.25, 0.3) is 0 Å². The summed E-state index contributed by atoms with van der Waals surface area (Å²) in [5.74, 6) is -0.514. The van der Waals surface area contributed by atoms with Crippen molar-refractivity contribution >= 4 is 17.5 Å². The Morgan fingerprint density at radius 1 is 1.22 bits per heavy atom. The van der Waals surface area contributed by atoms with Crippen LogP contribution in [0.1, 0.15) is 12.5 Å². The molecule has 0 aliphatic heterocycles. The molecule has 1 N–H and O–H groups in total. The van der Waals surface area contributed by atoms with Gasteiger partial charge in [0.1, 0.15) is 0 Å². The lowest BCUT2D eigenvalue weighted by Crippen LogP contribution is -2.20. The number of anilines is 1. The fraction of sp³-hybridized carbons (Fsp3) is 0.286. The number of rotatable bonds is 4. The van der Waals surface area contributed by atoms with Gasteiger partial charge in [-0.05, 0) is 18.1 Å². The predicted molar refractivity (Wildman–Crippen MR) is 72.3 cm³/mol. The van der Waals surface area contributed by atoms with Crippen LogP contribution in [-0.4, -0.2) is 30.8 Å². The average molecular weight is 246 g/mol. The lowest BCUT2D eigenvalue weighted by atomic mass is 10.1. The number of aryl methyl sites for hydroxylation is 1. The standard InChI is InChI=1S/C14H18N2O2/c1-4-11-7-5-6-8-12(11)15-13(17)9-10-14(18)16(2)3/h5-10H,4H2,1-3H3,(H,15,17)/b10-9+. The van der Waals surface area contributed by atoms with Crippen molar-refractivity contribution < 1.29 is 9.59 Å². The van der Waals surface area contributed by atoms with Crippen LogP contribution in [0, 0.1) is 0 Å². The monoisotopic (exact) mass is 246 g/mol. The van der Waals surface area contributed by atoms with E-state index in [2.05, 4.69) is 5.32 Å². The highest BCUT2D eigenvalue weighted by atomic mass is 16.2. The van der Waals surface area contributed by atoms with Crippen LogP contribution >= 0.6 is 0 Å². The van der Waals surface area contributed by atoms with Crippen LogP contribution in [0.4, 0.5) is 5.69 Å². The van der Waals surface area contributed by atoms with E-state index in [1.807, 2.05) is 31.2 Å². The molecule has 0 aliphatic rings. The third-order valence-electron chi connectivity index (χ3n) is 2.47. The highest BCUT2D eigenvalue weighted by Gasteiger charge is 2.03. The van der Waals surface area contributed by atoms with Gasteiger partial charge in [-0.2, -0.15) is 0 Å². The van der Waals surface area contributed by atoms with Gasteiger partial charge in [-0.3, -0.25) is 9.59 Å². The largest absolute Gasteiger partial charge is 0.345 e. The van der Waals surface area contributed by atoms with Crippen molar-refractivity contribution in [3.05, 3.63) is 42.0 Å². The molecular formula is C14H18N2O2. The summed E-state index contributed by atoms with van der Waals surface area (Å²) in [5.41, 5.74) is 1.85. The van der Waals surface area contributed by atoms with Gasteiger partial charge in [0.15, 0.2) is 0 Å². The highest BCUT2D eigenvalue weighted by molar-refractivity contribution is 6.03. The summed E-state index contributed by atoms with van der Waals surface area (Å²) >= 11 is 0. The Hall–Kier alpha value is -2.10. The first-order chi connectivity index (χ1) is 8.54. The molecule has 1 aromatic rings. The van der Waals surface area contributed by atoms with E-state index >= 15 is 0 Å². The van der Waals surface area contributed by atoms with Gasteiger partial charge in [0.05, 0.1) is 0 Å². The summed E-state index contributed by atoms with van der Waals surface area (Å²) in [7, 11) is 3.27. The molecule has 2 amide bonds. The highest BCUT2D eigenvalue weighted by Crippen LogP contribution is 2.15. The van der Waals surface area contributed by atoms with E-state index in [4.69, 9.17) is 0 Å². The van der Waals surface area contributed by atoms with Crippen molar-refractivity contribution in [2.45, 2.75) is 13.3 Å². The van der Waals surface area contributed by atoms with Gasteiger partial charge in [-0.25, -0.2) is 0 Å². The van der Waals surface area contributed by atoms with Gasteiger partial charge in [-0.1, -0.05) is 25.1 Å². The van der Waals surface area contributed by atoms with Gasteiger partial charge >= 0.3 is 0 Å². The van der Waals surface area contributed by atoms with Crippen LogP contribution in [0.15, 0.2) is 36.4 Å². The summed E-state index contributed by atoms with van der Waals surface area (Å²) < 4.78 is 0. The first-order valence-corrected chi connectivity index (χ1v) is 5.82. The summed E-state index contributed by atoms with van der Waals surface area (Å²) in [6, 6.07) is 7.60. The molecule has 0 bridgehead atoms. The number of benzene rings is 1. The Bertz CT molecular complexity index is 465. The van der Waals surface area contributed by atoms with Gasteiger partial charge < -0.3 is 10.2 Å². The number of nitrogens with one attached hydrogen (secondary N) is 1. The van der Waals surface area contributed by atoms with Crippen LogP contribution < -0.4 is 5.32 Å². The number of hydrogen-bond acceptors (Lipinski definition) is 2. The molecular weight excluding hydrogens is 228 g/mol. The SMILES string of the molecule is CCc1ccccc1NC(=O)/C=C/C(=O)N(C)C. The maximum atomic E-state index is 11.6. The smallest absolute Gasteiger partial charge is 0.248 e. The first-order valence-electron chi connectivity index (χ1n) is 5.82. The Labute approximate surface area is 107 Å². The number of carbonyl (C=O) groups excluding carboxylic acids is 2. The number of amides is 2. The molecule has 18 heavy (non-hydrogen) atoms.